The van der Waals surface area contributed by atoms with Crippen LogP contribution in [0.1, 0.15) is 39.2 Å². The number of nitrogens with zero attached hydrogens (tertiary/aromatic N) is 1. The molecule has 0 bridgehead atoms. The Labute approximate surface area is 212 Å². The van der Waals surface area contributed by atoms with Gasteiger partial charge in [-0.3, -0.25) is 14.4 Å². The monoisotopic (exact) mass is 496 g/mol. The highest BCUT2D eigenvalue weighted by molar-refractivity contribution is 5.91. The summed E-state index contributed by atoms with van der Waals surface area (Å²) in [5.41, 5.74) is 6.65. The fourth-order valence-corrected chi connectivity index (χ4v) is 4.17. The van der Waals surface area contributed by atoms with Crippen LogP contribution in [0.3, 0.4) is 0 Å². The Morgan fingerprint density at radius 3 is 2.42 bits per heavy atom. The zero-order valence-electron chi connectivity index (χ0n) is 21.1. The van der Waals surface area contributed by atoms with Crippen molar-refractivity contribution < 1.29 is 24.2 Å². The van der Waals surface area contributed by atoms with Crippen LogP contribution in [0.2, 0.25) is 0 Å². The molecule has 1 aliphatic rings. The Kier molecular flexibility index (Phi) is 8.93. The molecule has 2 aromatic carbocycles. The first-order valence-electron chi connectivity index (χ1n) is 12.2. The molecule has 5 N–H and O–H groups in total. The molecule has 3 atom stereocenters. The van der Waals surface area contributed by atoms with E-state index in [1.807, 2.05) is 51.1 Å². The standard InChI is InChI=1S/C27H36N4O5/c1-27(2,3)30-25(34)22-10-7-15-31(22)26(35)24(33)21(16-18-8-5-4-6-9-18)29-23(32)17-36-20-13-11-19(28)12-14-20/h4-6,8-9,11-14,21-22,24,33H,7,10,15-17,28H2,1-3H3,(H,29,32)(H,30,34)/t21-,22-,24-/m0/s1. The zero-order chi connectivity index (χ0) is 26.3. The third-order valence-corrected chi connectivity index (χ3v) is 5.87. The van der Waals surface area contributed by atoms with Gasteiger partial charge in [-0.1, -0.05) is 30.3 Å². The van der Waals surface area contributed by atoms with Crippen molar-refractivity contribution in [3.8, 4) is 5.75 Å². The first-order chi connectivity index (χ1) is 17.0. The van der Waals surface area contributed by atoms with Gasteiger partial charge in [0.05, 0.1) is 6.04 Å². The second kappa shape index (κ2) is 11.9. The van der Waals surface area contributed by atoms with Gasteiger partial charge in [-0.15, -0.1) is 0 Å². The SMILES string of the molecule is CC(C)(C)NC(=O)[C@@H]1CCCN1C(=O)[C@@H](O)[C@H](Cc1ccccc1)NC(=O)COc1ccc(N)cc1. The molecular formula is C27H36N4O5. The van der Waals surface area contributed by atoms with Gasteiger partial charge in [0, 0.05) is 17.8 Å². The molecule has 9 nitrogen and oxygen atoms in total. The summed E-state index contributed by atoms with van der Waals surface area (Å²) in [6.45, 7) is 5.69. The average Bonchev–Trinajstić information content (AvgIpc) is 3.32. The number of carbonyl (C=O) groups is 3. The molecule has 2 aromatic rings. The van der Waals surface area contributed by atoms with Crippen molar-refractivity contribution in [2.75, 3.05) is 18.9 Å². The van der Waals surface area contributed by atoms with E-state index in [1.165, 1.54) is 4.90 Å². The topological polar surface area (TPSA) is 134 Å². The summed E-state index contributed by atoms with van der Waals surface area (Å²) in [6.07, 6.45) is -0.125. The number of benzene rings is 2. The molecule has 9 heteroatoms. The lowest BCUT2D eigenvalue weighted by atomic mass is 9.99. The number of amides is 3. The van der Waals surface area contributed by atoms with Gasteiger partial charge in [0.1, 0.15) is 11.8 Å². The van der Waals surface area contributed by atoms with Crippen molar-refractivity contribution in [2.45, 2.75) is 63.8 Å². The number of ether oxygens (including phenoxy) is 1. The zero-order valence-corrected chi connectivity index (χ0v) is 21.1. The maximum Gasteiger partial charge on any atom is 0.258 e. The van der Waals surface area contributed by atoms with Crippen LogP contribution in [-0.2, 0) is 20.8 Å². The van der Waals surface area contributed by atoms with Crippen molar-refractivity contribution in [3.05, 3.63) is 60.2 Å². The summed E-state index contributed by atoms with van der Waals surface area (Å²) in [7, 11) is 0. The quantitative estimate of drug-likeness (QED) is 0.390. The number of hydrogen-bond donors (Lipinski definition) is 4. The highest BCUT2D eigenvalue weighted by Gasteiger charge is 2.40. The van der Waals surface area contributed by atoms with Gasteiger partial charge >= 0.3 is 0 Å². The van der Waals surface area contributed by atoms with Crippen LogP contribution >= 0.6 is 0 Å². The Balaban J connectivity index is 1.70. The van der Waals surface area contributed by atoms with E-state index in [2.05, 4.69) is 10.6 Å². The lowest BCUT2D eigenvalue weighted by molar-refractivity contribution is -0.147. The van der Waals surface area contributed by atoms with Crippen molar-refractivity contribution in [1.82, 2.24) is 15.5 Å². The molecule has 194 valence electrons. The summed E-state index contributed by atoms with van der Waals surface area (Å²) in [6, 6.07) is 14.3. The summed E-state index contributed by atoms with van der Waals surface area (Å²) in [5.74, 6) is -0.841. The minimum absolute atomic E-state index is 0.230. The summed E-state index contributed by atoms with van der Waals surface area (Å²) < 4.78 is 5.51. The molecular weight excluding hydrogens is 460 g/mol. The fourth-order valence-electron chi connectivity index (χ4n) is 4.17. The fraction of sp³-hybridized carbons (Fsp3) is 0.444. The van der Waals surface area contributed by atoms with Crippen LogP contribution in [0, 0.1) is 0 Å². The van der Waals surface area contributed by atoms with Gasteiger partial charge in [0.15, 0.2) is 12.7 Å². The number of rotatable bonds is 9. The first kappa shape index (κ1) is 27.0. The van der Waals surface area contributed by atoms with E-state index in [1.54, 1.807) is 24.3 Å². The molecule has 3 rings (SSSR count). The maximum atomic E-state index is 13.4. The normalized spacial score (nSPS) is 17.2. The number of carbonyl (C=O) groups excluding carboxylic acids is 3. The maximum absolute atomic E-state index is 13.4. The molecule has 36 heavy (non-hydrogen) atoms. The van der Waals surface area contributed by atoms with Crippen LogP contribution < -0.4 is 21.1 Å². The van der Waals surface area contributed by atoms with E-state index in [9.17, 15) is 19.5 Å². The average molecular weight is 497 g/mol. The van der Waals surface area contributed by atoms with E-state index in [0.29, 0.717) is 30.8 Å². The molecule has 0 unspecified atom stereocenters. The van der Waals surface area contributed by atoms with E-state index in [0.717, 1.165) is 5.56 Å². The summed E-state index contributed by atoms with van der Waals surface area (Å²) in [5, 5.41) is 16.8. The number of nitrogens with two attached hydrogens (primary N) is 1. The molecule has 1 saturated heterocycles. The second-order valence-electron chi connectivity index (χ2n) is 10.1. The summed E-state index contributed by atoms with van der Waals surface area (Å²) >= 11 is 0. The number of hydrogen-bond acceptors (Lipinski definition) is 6. The second-order valence-corrected chi connectivity index (χ2v) is 10.1. The van der Waals surface area contributed by atoms with E-state index in [-0.39, 0.29) is 18.9 Å². The molecule has 1 fully saturated rings. The van der Waals surface area contributed by atoms with Gasteiger partial charge in [-0.25, -0.2) is 0 Å². The molecule has 1 heterocycles. The molecule has 1 aliphatic heterocycles. The lowest BCUT2D eigenvalue weighted by Gasteiger charge is -2.32. The minimum atomic E-state index is -1.53. The number of likely N-dealkylation sites (tertiary alicyclic amines) is 1. The third-order valence-electron chi connectivity index (χ3n) is 5.87. The minimum Gasteiger partial charge on any atom is -0.484 e. The van der Waals surface area contributed by atoms with Crippen LogP contribution in [0.25, 0.3) is 0 Å². The van der Waals surface area contributed by atoms with E-state index in [4.69, 9.17) is 10.5 Å². The van der Waals surface area contributed by atoms with Gasteiger partial charge in [0.25, 0.3) is 11.8 Å². The van der Waals surface area contributed by atoms with Crippen molar-refractivity contribution in [2.24, 2.45) is 0 Å². The Hall–Kier alpha value is -3.59. The number of nitrogen functional groups attached to an aromatic ring is 1. The van der Waals surface area contributed by atoms with Crippen LogP contribution in [-0.4, -0.2) is 64.6 Å². The van der Waals surface area contributed by atoms with E-state index >= 15 is 0 Å². The predicted molar refractivity (Wildman–Crippen MR) is 137 cm³/mol. The third kappa shape index (κ3) is 7.71. The van der Waals surface area contributed by atoms with Gasteiger partial charge in [-0.05, 0) is 69.9 Å². The Morgan fingerprint density at radius 2 is 1.78 bits per heavy atom. The Morgan fingerprint density at radius 1 is 1.11 bits per heavy atom. The predicted octanol–water partition coefficient (Wildman–Crippen LogP) is 1.64. The van der Waals surface area contributed by atoms with Crippen molar-refractivity contribution >= 4 is 23.4 Å². The molecule has 0 aromatic heterocycles. The highest BCUT2D eigenvalue weighted by atomic mass is 16.5. The van der Waals surface area contributed by atoms with Gasteiger partial charge in [0.2, 0.25) is 5.91 Å². The van der Waals surface area contributed by atoms with Crippen LogP contribution in [0.4, 0.5) is 5.69 Å². The smallest absolute Gasteiger partial charge is 0.258 e. The Bertz CT molecular complexity index is 1040. The largest absolute Gasteiger partial charge is 0.484 e. The molecule has 0 saturated carbocycles. The van der Waals surface area contributed by atoms with Crippen LogP contribution in [0.5, 0.6) is 5.75 Å². The summed E-state index contributed by atoms with van der Waals surface area (Å²) in [4.78, 5) is 40.3. The molecule has 0 aliphatic carbocycles. The first-order valence-corrected chi connectivity index (χ1v) is 12.2. The van der Waals surface area contributed by atoms with Crippen LogP contribution in [0.15, 0.2) is 54.6 Å². The number of aliphatic hydroxyl groups is 1. The van der Waals surface area contributed by atoms with E-state index < -0.39 is 35.5 Å². The molecule has 0 spiro atoms. The van der Waals surface area contributed by atoms with Gasteiger partial charge in [-0.2, -0.15) is 0 Å². The number of anilines is 1. The molecule has 3 amide bonds. The lowest BCUT2D eigenvalue weighted by Crippen LogP contribution is -2.57. The number of aliphatic hydroxyl groups excluding tert-OH is 1. The number of nitrogens with one attached hydrogen (secondary N) is 2. The van der Waals surface area contributed by atoms with Crippen molar-refractivity contribution in [3.63, 3.8) is 0 Å². The molecule has 0 radical (unpaired) electrons. The van der Waals surface area contributed by atoms with Gasteiger partial charge < -0.3 is 31.1 Å². The van der Waals surface area contributed by atoms with Crippen molar-refractivity contribution in [1.29, 1.82) is 0 Å². The highest BCUT2D eigenvalue weighted by Crippen LogP contribution is 2.21.